The van der Waals surface area contributed by atoms with Gasteiger partial charge in [0, 0.05) is 5.56 Å². The second-order valence-corrected chi connectivity index (χ2v) is 8.30. The van der Waals surface area contributed by atoms with Crippen LogP contribution in [0.2, 0.25) is 5.02 Å². The van der Waals surface area contributed by atoms with E-state index in [2.05, 4.69) is 15.0 Å². The van der Waals surface area contributed by atoms with Crippen molar-refractivity contribution in [3.05, 3.63) is 35.4 Å². The molecule has 1 aliphatic carbocycles. The summed E-state index contributed by atoms with van der Waals surface area (Å²) < 4.78 is 22.9. The molecule has 0 radical (unpaired) electrons. The summed E-state index contributed by atoms with van der Waals surface area (Å²) in [6.45, 7) is 0.582. The van der Waals surface area contributed by atoms with Crippen molar-refractivity contribution < 1.29 is 24.1 Å². The fourth-order valence-electron chi connectivity index (χ4n) is 3.91. The van der Waals surface area contributed by atoms with E-state index in [0.29, 0.717) is 40.6 Å². The Morgan fingerprint density at radius 2 is 1.83 bits per heavy atom. The van der Waals surface area contributed by atoms with Gasteiger partial charge in [0.1, 0.15) is 24.1 Å². The lowest BCUT2D eigenvalue weighted by Crippen LogP contribution is -2.34. The number of pyridine rings is 1. The number of halogens is 1. The van der Waals surface area contributed by atoms with Gasteiger partial charge >= 0.3 is 0 Å². The summed E-state index contributed by atoms with van der Waals surface area (Å²) in [5.41, 5.74) is 2.71. The van der Waals surface area contributed by atoms with Gasteiger partial charge in [-0.05, 0) is 43.2 Å². The topological polar surface area (TPSA) is 98.7 Å². The predicted octanol–water partition coefficient (Wildman–Crippen LogP) is 2.73. The Bertz CT molecular complexity index is 1080. The minimum Gasteiger partial charge on any atom is -0.490 e. The van der Waals surface area contributed by atoms with Crippen LogP contribution in [0.25, 0.3) is 22.4 Å². The van der Waals surface area contributed by atoms with Gasteiger partial charge in [-0.3, -0.25) is 0 Å². The molecule has 9 heteroatoms. The van der Waals surface area contributed by atoms with E-state index in [4.69, 9.17) is 30.5 Å². The van der Waals surface area contributed by atoms with Gasteiger partial charge in [0.2, 0.25) is 0 Å². The number of imidazole rings is 1. The first-order valence-corrected chi connectivity index (χ1v) is 10.4. The number of aromatic amines is 1. The molecule has 4 heterocycles. The largest absolute Gasteiger partial charge is 0.490 e. The van der Waals surface area contributed by atoms with Crippen LogP contribution in [0.5, 0.6) is 11.8 Å². The van der Waals surface area contributed by atoms with Gasteiger partial charge in [-0.25, -0.2) is 4.98 Å². The van der Waals surface area contributed by atoms with Crippen molar-refractivity contribution in [2.45, 2.75) is 43.4 Å². The molecule has 2 aliphatic heterocycles. The number of fused-ring (bicyclic) bond motifs is 2. The monoisotopic (exact) mass is 429 g/mol. The number of nitrogens with one attached hydrogen (secondary N) is 1. The van der Waals surface area contributed by atoms with Crippen molar-refractivity contribution >= 4 is 22.8 Å². The first-order chi connectivity index (χ1) is 14.6. The molecule has 30 heavy (non-hydrogen) atoms. The van der Waals surface area contributed by atoms with E-state index in [1.54, 1.807) is 6.07 Å². The van der Waals surface area contributed by atoms with Crippen LogP contribution in [0.15, 0.2) is 30.3 Å². The number of rotatable bonds is 5. The number of aliphatic hydroxyl groups is 1. The van der Waals surface area contributed by atoms with Crippen LogP contribution in [0, 0.1) is 0 Å². The molecule has 0 amide bonds. The summed E-state index contributed by atoms with van der Waals surface area (Å²) in [5, 5.41) is 10.4. The summed E-state index contributed by atoms with van der Waals surface area (Å²) in [7, 11) is 0. The Labute approximate surface area is 177 Å². The number of aliphatic hydroxyl groups excluding tert-OH is 1. The third kappa shape index (κ3) is 3.30. The molecule has 2 aromatic heterocycles. The zero-order chi connectivity index (χ0) is 20.2. The fraction of sp³-hybridized carbons (Fsp3) is 0.429. The van der Waals surface area contributed by atoms with E-state index in [9.17, 15) is 5.11 Å². The molecule has 2 N–H and O–H groups in total. The molecule has 3 aliphatic rings. The maximum Gasteiger partial charge on any atom is 0.296 e. The molecule has 1 saturated carbocycles. The van der Waals surface area contributed by atoms with E-state index < -0.39 is 6.10 Å². The number of nitrogens with zero attached hydrogens (tertiary/aromatic N) is 2. The summed E-state index contributed by atoms with van der Waals surface area (Å²) in [6, 6.07) is 9.86. The van der Waals surface area contributed by atoms with Gasteiger partial charge in [-0.1, -0.05) is 11.6 Å². The first-order valence-electron chi connectivity index (χ1n) is 10.1. The van der Waals surface area contributed by atoms with Crippen LogP contribution in [-0.4, -0.2) is 63.8 Å². The Hall–Kier alpha value is -2.39. The second kappa shape index (κ2) is 7.09. The van der Waals surface area contributed by atoms with Gasteiger partial charge < -0.3 is 29.0 Å². The average molecular weight is 430 g/mol. The Morgan fingerprint density at radius 3 is 2.63 bits per heavy atom. The molecule has 3 fully saturated rings. The number of hydrogen-bond donors (Lipinski definition) is 2. The summed E-state index contributed by atoms with van der Waals surface area (Å²) in [6.07, 6.45) is 0.967. The smallest absolute Gasteiger partial charge is 0.296 e. The maximum absolute atomic E-state index is 9.87. The van der Waals surface area contributed by atoms with Gasteiger partial charge in [0.25, 0.3) is 6.01 Å². The molecule has 8 nitrogen and oxygen atoms in total. The highest BCUT2D eigenvalue weighted by atomic mass is 35.5. The van der Waals surface area contributed by atoms with Crippen LogP contribution in [0.1, 0.15) is 12.8 Å². The minimum absolute atomic E-state index is 0.250. The Balaban J connectivity index is 1.24. The van der Waals surface area contributed by atoms with Crippen LogP contribution >= 0.6 is 11.6 Å². The van der Waals surface area contributed by atoms with Crippen LogP contribution in [0.4, 0.5) is 0 Å². The molecule has 4 atom stereocenters. The van der Waals surface area contributed by atoms with E-state index in [-0.39, 0.29) is 24.9 Å². The number of hydrogen-bond acceptors (Lipinski definition) is 7. The van der Waals surface area contributed by atoms with Crippen molar-refractivity contribution in [2.75, 3.05) is 13.2 Å². The number of aromatic nitrogens is 3. The van der Waals surface area contributed by atoms with Crippen molar-refractivity contribution in [1.29, 1.82) is 0 Å². The van der Waals surface area contributed by atoms with Crippen LogP contribution < -0.4 is 9.47 Å². The van der Waals surface area contributed by atoms with E-state index in [1.165, 1.54) is 0 Å². The molecular weight excluding hydrogens is 410 g/mol. The average Bonchev–Trinajstić information content (AvgIpc) is 3.16. The molecule has 0 spiro atoms. The van der Waals surface area contributed by atoms with E-state index in [1.807, 2.05) is 24.3 Å². The SMILES string of the molecule is O[C@@H]1CO[C@H]2[C@@H]1OC[C@H]2Oc1nc2nc(-c3ccc(OC4CC4)cc3)c(Cl)cc2[nH]1. The lowest BCUT2D eigenvalue weighted by Gasteiger charge is -2.15. The summed E-state index contributed by atoms with van der Waals surface area (Å²) >= 11 is 6.49. The normalized spacial score (nSPS) is 28.1. The van der Waals surface area contributed by atoms with Crippen LogP contribution in [0.3, 0.4) is 0 Å². The maximum atomic E-state index is 9.87. The van der Waals surface area contributed by atoms with Gasteiger partial charge in [0.05, 0.1) is 35.6 Å². The van der Waals surface area contributed by atoms with Gasteiger partial charge in [0.15, 0.2) is 11.8 Å². The molecule has 0 unspecified atom stereocenters. The van der Waals surface area contributed by atoms with Crippen molar-refractivity contribution in [3.8, 4) is 23.0 Å². The predicted molar refractivity (Wildman–Crippen MR) is 108 cm³/mol. The van der Waals surface area contributed by atoms with E-state index >= 15 is 0 Å². The molecule has 0 bridgehead atoms. The Kier molecular flexibility index (Phi) is 4.35. The highest BCUT2D eigenvalue weighted by Gasteiger charge is 2.48. The van der Waals surface area contributed by atoms with Crippen molar-refractivity contribution in [1.82, 2.24) is 15.0 Å². The number of benzene rings is 1. The lowest BCUT2D eigenvalue weighted by molar-refractivity contribution is 0.00706. The zero-order valence-electron chi connectivity index (χ0n) is 16.0. The Morgan fingerprint density at radius 1 is 1.03 bits per heavy atom. The van der Waals surface area contributed by atoms with Gasteiger partial charge in [-0.2, -0.15) is 4.98 Å². The molecular formula is C21H20ClN3O5. The van der Waals surface area contributed by atoms with Crippen molar-refractivity contribution in [3.63, 3.8) is 0 Å². The third-order valence-corrected chi connectivity index (χ3v) is 5.89. The first kappa shape index (κ1) is 18.4. The lowest BCUT2D eigenvalue weighted by atomic mass is 10.1. The fourth-order valence-corrected chi connectivity index (χ4v) is 4.17. The quantitative estimate of drug-likeness (QED) is 0.643. The van der Waals surface area contributed by atoms with Crippen LogP contribution in [-0.2, 0) is 9.47 Å². The molecule has 3 aromatic rings. The number of ether oxygens (including phenoxy) is 4. The molecule has 6 rings (SSSR count). The van der Waals surface area contributed by atoms with Gasteiger partial charge in [-0.15, -0.1) is 0 Å². The van der Waals surface area contributed by atoms with Crippen molar-refractivity contribution in [2.24, 2.45) is 0 Å². The molecule has 1 aromatic carbocycles. The minimum atomic E-state index is -0.622. The highest BCUT2D eigenvalue weighted by Crippen LogP contribution is 2.33. The molecule has 2 saturated heterocycles. The standard InChI is InChI=1S/C21H20ClN3O5/c22-13-7-14-20(24-17(13)10-1-3-11(4-2-10)29-12-5-6-12)25-21(23-14)30-16-9-28-18-15(26)8-27-19(16)18/h1-4,7,12,15-16,18-19,26H,5-6,8-9H2,(H,23,24,25)/t15-,16-,18-,19-/m1/s1. The van der Waals surface area contributed by atoms with E-state index in [0.717, 1.165) is 24.2 Å². The summed E-state index contributed by atoms with van der Waals surface area (Å²) in [5.74, 6) is 0.852. The highest BCUT2D eigenvalue weighted by molar-refractivity contribution is 6.33. The second-order valence-electron chi connectivity index (χ2n) is 7.89. The third-order valence-electron chi connectivity index (χ3n) is 5.60. The summed E-state index contributed by atoms with van der Waals surface area (Å²) in [4.78, 5) is 12.2. The number of H-pyrrole nitrogens is 1. The molecule has 156 valence electrons. The zero-order valence-corrected chi connectivity index (χ0v) is 16.7.